The second-order valence-electron chi connectivity index (χ2n) is 6.90. The molecule has 3 heterocycles. The molecule has 24 heavy (non-hydrogen) atoms. The SMILES string of the molecule is CC1CN(c2ncnc3[nH]nc(Br)c23)CCN1C(=O)OC(C)(C)C. The molecule has 8 nitrogen and oxygen atoms in total. The van der Waals surface area contributed by atoms with Crippen LogP contribution in [0.3, 0.4) is 0 Å². The first kappa shape index (κ1) is 16.9. The molecule has 2 aromatic rings. The molecule has 1 fully saturated rings. The molecule has 1 saturated heterocycles. The van der Waals surface area contributed by atoms with E-state index in [0.717, 1.165) is 11.2 Å². The molecule has 0 bridgehead atoms. The van der Waals surface area contributed by atoms with Gasteiger partial charge >= 0.3 is 6.09 Å². The van der Waals surface area contributed by atoms with Crippen molar-refractivity contribution in [2.75, 3.05) is 24.5 Å². The minimum Gasteiger partial charge on any atom is -0.444 e. The highest BCUT2D eigenvalue weighted by Crippen LogP contribution is 2.29. The van der Waals surface area contributed by atoms with Crippen LogP contribution in [0.1, 0.15) is 27.7 Å². The Morgan fingerprint density at radius 3 is 2.79 bits per heavy atom. The number of rotatable bonds is 1. The highest BCUT2D eigenvalue weighted by Gasteiger charge is 2.32. The Hall–Kier alpha value is -1.90. The summed E-state index contributed by atoms with van der Waals surface area (Å²) in [5.74, 6) is 0.816. The van der Waals surface area contributed by atoms with E-state index < -0.39 is 5.60 Å². The predicted molar refractivity (Wildman–Crippen MR) is 94.0 cm³/mol. The van der Waals surface area contributed by atoms with E-state index in [4.69, 9.17) is 4.74 Å². The lowest BCUT2D eigenvalue weighted by atomic mass is 10.2. The van der Waals surface area contributed by atoms with E-state index in [1.165, 1.54) is 6.33 Å². The Kier molecular flexibility index (Phi) is 4.37. The van der Waals surface area contributed by atoms with E-state index in [1.54, 1.807) is 4.90 Å². The van der Waals surface area contributed by atoms with Gasteiger partial charge in [0.15, 0.2) is 5.65 Å². The summed E-state index contributed by atoms with van der Waals surface area (Å²) >= 11 is 3.43. The summed E-state index contributed by atoms with van der Waals surface area (Å²) in [6.07, 6.45) is 1.25. The van der Waals surface area contributed by atoms with Gasteiger partial charge < -0.3 is 14.5 Å². The molecule has 0 saturated carbocycles. The van der Waals surface area contributed by atoms with Gasteiger partial charge in [-0.3, -0.25) is 5.10 Å². The largest absolute Gasteiger partial charge is 0.444 e. The van der Waals surface area contributed by atoms with Crippen LogP contribution in [0.2, 0.25) is 0 Å². The molecule has 0 aliphatic carbocycles. The molecule has 1 unspecified atom stereocenters. The number of piperazine rings is 1. The van der Waals surface area contributed by atoms with Gasteiger partial charge in [-0.15, -0.1) is 0 Å². The third-order valence-electron chi connectivity index (χ3n) is 3.85. The quantitative estimate of drug-likeness (QED) is 0.796. The molecule has 1 atom stereocenters. The van der Waals surface area contributed by atoms with E-state index in [0.29, 0.717) is 29.9 Å². The number of amides is 1. The van der Waals surface area contributed by atoms with Gasteiger partial charge in [0.25, 0.3) is 0 Å². The van der Waals surface area contributed by atoms with Crippen molar-refractivity contribution < 1.29 is 9.53 Å². The normalized spacial score (nSPS) is 19.0. The van der Waals surface area contributed by atoms with E-state index in [-0.39, 0.29) is 12.1 Å². The van der Waals surface area contributed by atoms with Crippen LogP contribution < -0.4 is 4.90 Å². The maximum Gasteiger partial charge on any atom is 0.410 e. The maximum absolute atomic E-state index is 12.3. The van der Waals surface area contributed by atoms with E-state index in [9.17, 15) is 4.79 Å². The monoisotopic (exact) mass is 396 g/mol. The van der Waals surface area contributed by atoms with Crippen molar-refractivity contribution in [3.05, 3.63) is 10.9 Å². The number of anilines is 1. The fourth-order valence-electron chi connectivity index (χ4n) is 2.79. The van der Waals surface area contributed by atoms with E-state index >= 15 is 0 Å². The number of H-pyrrole nitrogens is 1. The molecule has 3 rings (SSSR count). The number of nitrogens with one attached hydrogen (secondary N) is 1. The first-order valence-corrected chi connectivity index (χ1v) is 8.64. The van der Waals surface area contributed by atoms with Crippen LogP contribution in [-0.2, 0) is 4.74 Å². The van der Waals surface area contributed by atoms with Crippen molar-refractivity contribution >= 4 is 38.9 Å². The molecule has 9 heteroatoms. The first-order chi connectivity index (χ1) is 11.3. The minimum absolute atomic E-state index is 0.0179. The summed E-state index contributed by atoms with van der Waals surface area (Å²) in [6, 6.07) is 0.0179. The predicted octanol–water partition coefficient (Wildman–Crippen LogP) is 2.56. The van der Waals surface area contributed by atoms with E-state index in [1.807, 2.05) is 27.7 Å². The van der Waals surface area contributed by atoms with Gasteiger partial charge in [-0.1, -0.05) is 0 Å². The smallest absolute Gasteiger partial charge is 0.410 e. The Bertz CT molecular complexity index is 756. The Morgan fingerprint density at radius 2 is 2.12 bits per heavy atom. The van der Waals surface area contributed by atoms with Gasteiger partial charge in [-0.2, -0.15) is 5.10 Å². The lowest BCUT2D eigenvalue weighted by Gasteiger charge is -2.40. The van der Waals surface area contributed by atoms with Gasteiger partial charge in [-0.25, -0.2) is 14.8 Å². The average molecular weight is 397 g/mol. The van der Waals surface area contributed by atoms with Gasteiger partial charge in [-0.05, 0) is 43.6 Å². The van der Waals surface area contributed by atoms with Gasteiger partial charge in [0, 0.05) is 25.7 Å². The molecule has 1 aliphatic heterocycles. The number of carbonyl (C=O) groups is 1. The molecule has 1 N–H and O–H groups in total. The number of aromatic nitrogens is 4. The van der Waals surface area contributed by atoms with Crippen molar-refractivity contribution in [3.63, 3.8) is 0 Å². The van der Waals surface area contributed by atoms with Crippen LogP contribution >= 0.6 is 15.9 Å². The molecule has 130 valence electrons. The standard InChI is InChI=1S/C15H21BrN6O2/c1-9-7-21(5-6-22(9)14(23)24-15(2,3)4)13-10-11(16)19-20-12(10)17-8-18-13/h8-9H,5-7H2,1-4H3,(H,17,18,19,20). The summed E-state index contributed by atoms with van der Waals surface area (Å²) in [7, 11) is 0. The van der Waals surface area contributed by atoms with Crippen molar-refractivity contribution in [2.45, 2.75) is 39.3 Å². The third-order valence-corrected chi connectivity index (χ3v) is 4.42. The highest BCUT2D eigenvalue weighted by molar-refractivity contribution is 9.10. The molecular formula is C15H21BrN6O2. The summed E-state index contributed by atoms with van der Waals surface area (Å²) in [6.45, 7) is 9.56. The molecule has 1 aliphatic rings. The lowest BCUT2D eigenvalue weighted by molar-refractivity contribution is 0.0159. The average Bonchev–Trinajstić information content (AvgIpc) is 2.87. The first-order valence-electron chi connectivity index (χ1n) is 7.85. The van der Waals surface area contributed by atoms with Crippen LogP contribution in [-0.4, -0.2) is 62.4 Å². The summed E-state index contributed by atoms with van der Waals surface area (Å²) in [5.41, 5.74) is 0.197. The van der Waals surface area contributed by atoms with Crippen LogP contribution in [0.4, 0.5) is 10.6 Å². The number of hydrogen-bond acceptors (Lipinski definition) is 6. The van der Waals surface area contributed by atoms with Gasteiger partial charge in [0.2, 0.25) is 0 Å². The van der Waals surface area contributed by atoms with Gasteiger partial charge in [0.05, 0.1) is 5.39 Å². The van der Waals surface area contributed by atoms with Gasteiger partial charge in [0.1, 0.15) is 22.3 Å². The van der Waals surface area contributed by atoms with Crippen molar-refractivity contribution in [3.8, 4) is 0 Å². The number of hydrogen-bond donors (Lipinski definition) is 1. The van der Waals surface area contributed by atoms with Crippen LogP contribution in [0.25, 0.3) is 11.0 Å². The minimum atomic E-state index is -0.492. The molecular weight excluding hydrogens is 376 g/mol. The zero-order valence-corrected chi connectivity index (χ0v) is 15.8. The van der Waals surface area contributed by atoms with Crippen molar-refractivity contribution in [2.24, 2.45) is 0 Å². The zero-order chi connectivity index (χ0) is 17.5. The second kappa shape index (κ2) is 6.19. The molecule has 0 spiro atoms. The van der Waals surface area contributed by atoms with E-state index in [2.05, 4.69) is 41.0 Å². The number of halogens is 1. The van der Waals surface area contributed by atoms with Crippen molar-refractivity contribution in [1.82, 2.24) is 25.1 Å². The highest BCUT2D eigenvalue weighted by atomic mass is 79.9. The fourth-order valence-corrected chi connectivity index (χ4v) is 3.24. The number of aromatic amines is 1. The second-order valence-corrected chi connectivity index (χ2v) is 7.66. The third kappa shape index (κ3) is 3.31. The number of fused-ring (bicyclic) bond motifs is 1. The number of nitrogens with zero attached hydrogens (tertiary/aromatic N) is 5. The molecule has 0 radical (unpaired) electrons. The molecule has 0 aromatic carbocycles. The Morgan fingerprint density at radius 1 is 1.38 bits per heavy atom. The zero-order valence-electron chi connectivity index (χ0n) is 14.2. The fraction of sp³-hybridized carbons (Fsp3) is 0.600. The Balaban J connectivity index is 1.78. The maximum atomic E-state index is 12.3. The molecule has 1 amide bonds. The summed E-state index contributed by atoms with van der Waals surface area (Å²) < 4.78 is 6.18. The van der Waals surface area contributed by atoms with Crippen LogP contribution in [0.15, 0.2) is 10.9 Å². The van der Waals surface area contributed by atoms with Crippen molar-refractivity contribution in [1.29, 1.82) is 0 Å². The van der Waals surface area contributed by atoms with Crippen LogP contribution in [0, 0.1) is 0 Å². The summed E-state index contributed by atoms with van der Waals surface area (Å²) in [4.78, 5) is 24.9. The molecule has 2 aromatic heterocycles. The Labute approximate surface area is 148 Å². The number of carbonyl (C=O) groups excluding carboxylic acids is 1. The topological polar surface area (TPSA) is 87.2 Å². The lowest BCUT2D eigenvalue weighted by Crippen LogP contribution is -2.55. The van der Waals surface area contributed by atoms with Crippen LogP contribution in [0.5, 0.6) is 0 Å². The summed E-state index contributed by atoms with van der Waals surface area (Å²) in [5, 5.41) is 7.86. The number of ether oxygens (including phenoxy) is 1.